The molecule has 1 aliphatic rings. The Balaban J connectivity index is 1.28. The minimum absolute atomic E-state index is 0.209. The summed E-state index contributed by atoms with van der Waals surface area (Å²) < 4.78 is 7.37. The van der Waals surface area contributed by atoms with Gasteiger partial charge in [0.15, 0.2) is 5.76 Å². The lowest BCUT2D eigenvalue weighted by molar-refractivity contribution is -0.118. The van der Waals surface area contributed by atoms with E-state index in [2.05, 4.69) is 15.4 Å². The Labute approximate surface area is 234 Å². The predicted molar refractivity (Wildman–Crippen MR) is 154 cm³/mol. The van der Waals surface area contributed by atoms with Crippen LogP contribution in [0.2, 0.25) is 5.02 Å². The van der Waals surface area contributed by atoms with E-state index in [1.807, 2.05) is 31.2 Å². The Kier molecular flexibility index (Phi) is 5.55. The van der Waals surface area contributed by atoms with Crippen molar-refractivity contribution in [3.63, 3.8) is 0 Å². The average molecular weight is 568 g/mol. The van der Waals surface area contributed by atoms with Crippen LogP contribution in [-0.2, 0) is 9.59 Å². The molecule has 2 amide bonds. The van der Waals surface area contributed by atoms with Gasteiger partial charge in [0.05, 0.1) is 11.3 Å². The number of carbonyl (C=O) groups excluding carboxylic acids is 2. The molecule has 1 N–H and O–H groups in total. The molecule has 0 unspecified atom stereocenters. The van der Waals surface area contributed by atoms with E-state index in [1.165, 1.54) is 9.42 Å². The summed E-state index contributed by atoms with van der Waals surface area (Å²) in [6, 6.07) is 21.4. The summed E-state index contributed by atoms with van der Waals surface area (Å²) in [4.78, 5) is 46.3. The molecule has 0 fully saturated rings. The summed E-state index contributed by atoms with van der Waals surface area (Å²) in [5.74, 6) is -0.0388. The van der Waals surface area contributed by atoms with Crippen molar-refractivity contribution >= 4 is 67.6 Å². The van der Waals surface area contributed by atoms with Crippen molar-refractivity contribution in [3.05, 3.63) is 104 Å². The van der Waals surface area contributed by atoms with Crippen molar-refractivity contribution < 1.29 is 14.0 Å². The summed E-state index contributed by atoms with van der Waals surface area (Å²) in [6.45, 7) is 1.69. The number of nitrogens with one attached hydrogen (secondary N) is 1. The molecular formula is C29H18ClN5O4S. The van der Waals surface area contributed by atoms with Crippen molar-refractivity contribution in [2.45, 2.75) is 6.92 Å². The predicted octanol–water partition coefficient (Wildman–Crippen LogP) is 4.43. The highest BCUT2D eigenvalue weighted by molar-refractivity contribution is 7.15. The molecule has 0 saturated heterocycles. The molecule has 6 aromatic rings. The number of para-hydroxylation sites is 2. The SMILES string of the molecule is Cc1c(-c2nc3sc(=C4C(=O)N(CC(=O)Nc5ccc(Cl)cc5)c5ccccc54)c(=O)n3n2)oc2ccccc12. The number of thiazole rings is 1. The normalized spacial score (nSPS) is 14.3. The Morgan fingerprint density at radius 2 is 1.77 bits per heavy atom. The maximum atomic E-state index is 13.7. The van der Waals surface area contributed by atoms with Gasteiger partial charge in [-0.25, -0.2) is 0 Å². The van der Waals surface area contributed by atoms with E-state index < -0.39 is 11.5 Å². The highest BCUT2D eigenvalue weighted by Gasteiger charge is 2.35. The van der Waals surface area contributed by atoms with E-state index in [-0.39, 0.29) is 22.6 Å². The van der Waals surface area contributed by atoms with Crippen molar-refractivity contribution in [2.24, 2.45) is 0 Å². The van der Waals surface area contributed by atoms with Gasteiger partial charge in [0.25, 0.3) is 11.5 Å². The van der Waals surface area contributed by atoms with Crippen LogP contribution in [0, 0.1) is 6.92 Å². The van der Waals surface area contributed by atoms with Crippen molar-refractivity contribution in [1.29, 1.82) is 0 Å². The lowest BCUT2D eigenvalue weighted by atomic mass is 10.1. The smallest absolute Gasteiger partial charge is 0.291 e. The fourth-order valence-electron chi connectivity index (χ4n) is 4.90. The van der Waals surface area contributed by atoms with Crippen molar-refractivity contribution in [1.82, 2.24) is 14.6 Å². The first-order valence-corrected chi connectivity index (χ1v) is 13.5. The fourth-order valence-corrected chi connectivity index (χ4v) is 6.03. The van der Waals surface area contributed by atoms with E-state index in [1.54, 1.807) is 48.5 Å². The van der Waals surface area contributed by atoms with Gasteiger partial charge in [-0.2, -0.15) is 9.50 Å². The molecule has 0 saturated carbocycles. The van der Waals surface area contributed by atoms with Gasteiger partial charge in [-0.05, 0) is 43.3 Å². The Hall–Kier alpha value is -4.80. The molecule has 40 heavy (non-hydrogen) atoms. The molecule has 0 aliphatic carbocycles. The van der Waals surface area contributed by atoms with Gasteiger partial charge < -0.3 is 9.73 Å². The number of aromatic nitrogens is 3. The molecule has 0 atom stereocenters. The number of halogens is 1. The number of hydrogen-bond donors (Lipinski definition) is 1. The van der Waals surface area contributed by atoms with Gasteiger partial charge >= 0.3 is 0 Å². The number of aryl methyl sites for hydroxylation is 1. The van der Waals surface area contributed by atoms with Crippen molar-refractivity contribution in [3.8, 4) is 11.6 Å². The molecule has 3 aromatic carbocycles. The van der Waals surface area contributed by atoms with Gasteiger partial charge in [-0.15, -0.1) is 5.10 Å². The van der Waals surface area contributed by atoms with Crippen LogP contribution in [0.3, 0.4) is 0 Å². The standard InChI is InChI=1S/C29H18ClN5O4S/c1-15-18-6-3-5-9-21(18)39-24(15)26-32-29-35(33-26)28(38)25(40-29)23-19-7-2-4-8-20(19)34(27(23)37)14-22(36)31-17-12-10-16(30)11-13-17/h2-13H,14H2,1H3,(H,31,36). The second-order valence-electron chi connectivity index (χ2n) is 9.26. The molecule has 11 heteroatoms. The number of fused-ring (bicyclic) bond motifs is 3. The average Bonchev–Trinajstić information content (AvgIpc) is 3.67. The molecular weight excluding hydrogens is 550 g/mol. The quantitative estimate of drug-likeness (QED) is 0.337. The maximum Gasteiger partial charge on any atom is 0.291 e. The second-order valence-corrected chi connectivity index (χ2v) is 10.7. The summed E-state index contributed by atoms with van der Waals surface area (Å²) >= 11 is 7.00. The van der Waals surface area contributed by atoms with Crippen LogP contribution in [0.15, 0.2) is 82.0 Å². The first-order chi connectivity index (χ1) is 19.4. The molecule has 9 nitrogen and oxygen atoms in total. The molecule has 0 bridgehead atoms. The molecule has 4 heterocycles. The van der Waals surface area contributed by atoms with Gasteiger partial charge in [0.2, 0.25) is 16.7 Å². The van der Waals surface area contributed by atoms with E-state index in [0.29, 0.717) is 44.1 Å². The zero-order chi connectivity index (χ0) is 27.5. The molecule has 196 valence electrons. The first kappa shape index (κ1) is 24.3. The van der Waals surface area contributed by atoms with Crippen LogP contribution < -0.4 is 20.3 Å². The summed E-state index contributed by atoms with van der Waals surface area (Å²) in [5.41, 5.74) is 3.02. The third-order valence-corrected chi connectivity index (χ3v) is 8.07. The van der Waals surface area contributed by atoms with Gasteiger partial charge in [0, 0.05) is 27.2 Å². The Morgan fingerprint density at radius 3 is 2.55 bits per heavy atom. The largest absolute Gasteiger partial charge is 0.452 e. The Morgan fingerprint density at radius 1 is 1.02 bits per heavy atom. The van der Waals surface area contributed by atoms with Gasteiger partial charge in [0.1, 0.15) is 16.7 Å². The number of rotatable bonds is 4. The third kappa shape index (κ3) is 3.80. The molecule has 7 rings (SSSR count). The highest BCUT2D eigenvalue weighted by Crippen LogP contribution is 2.35. The number of amides is 2. The van der Waals surface area contributed by atoms with Crippen molar-refractivity contribution in [2.75, 3.05) is 16.8 Å². The zero-order valence-electron chi connectivity index (χ0n) is 20.8. The lowest BCUT2D eigenvalue weighted by Gasteiger charge is -2.16. The number of benzene rings is 3. The summed E-state index contributed by atoms with van der Waals surface area (Å²) in [6.07, 6.45) is 0. The first-order valence-electron chi connectivity index (χ1n) is 12.3. The Bertz CT molecular complexity index is 2110. The molecule has 0 radical (unpaired) electrons. The van der Waals surface area contributed by atoms with E-state index in [4.69, 9.17) is 16.0 Å². The topological polar surface area (TPSA) is 110 Å². The summed E-state index contributed by atoms with van der Waals surface area (Å²) in [7, 11) is 0. The molecule has 0 spiro atoms. The van der Waals surface area contributed by atoms with E-state index in [9.17, 15) is 14.4 Å². The summed E-state index contributed by atoms with van der Waals surface area (Å²) in [5, 5.41) is 8.70. The van der Waals surface area contributed by atoms with Crippen LogP contribution in [0.1, 0.15) is 11.1 Å². The third-order valence-electron chi connectivity index (χ3n) is 6.78. The van der Waals surface area contributed by atoms with Gasteiger partial charge in [-0.3, -0.25) is 19.3 Å². The monoisotopic (exact) mass is 567 g/mol. The van der Waals surface area contributed by atoms with Crippen LogP contribution in [-0.4, -0.2) is 33.0 Å². The number of anilines is 2. The fraction of sp³-hybridized carbons (Fsp3) is 0.0690. The van der Waals surface area contributed by atoms with Crippen LogP contribution in [0.25, 0.3) is 33.1 Å². The minimum atomic E-state index is -0.460. The number of furan rings is 1. The van der Waals surface area contributed by atoms with Crippen LogP contribution >= 0.6 is 22.9 Å². The molecule has 1 aliphatic heterocycles. The lowest BCUT2D eigenvalue weighted by Crippen LogP contribution is -2.37. The van der Waals surface area contributed by atoms with E-state index in [0.717, 1.165) is 22.3 Å². The van der Waals surface area contributed by atoms with Crippen LogP contribution in [0.4, 0.5) is 11.4 Å². The molecule has 3 aromatic heterocycles. The highest BCUT2D eigenvalue weighted by atomic mass is 35.5. The van der Waals surface area contributed by atoms with E-state index >= 15 is 0 Å². The minimum Gasteiger partial charge on any atom is -0.452 e. The zero-order valence-corrected chi connectivity index (χ0v) is 22.4. The van der Waals surface area contributed by atoms with Crippen LogP contribution in [0.5, 0.6) is 0 Å². The van der Waals surface area contributed by atoms with Gasteiger partial charge in [-0.1, -0.05) is 59.3 Å². The second kappa shape index (κ2) is 9.15. The number of nitrogens with zero attached hydrogens (tertiary/aromatic N) is 4. The maximum absolute atomic E-state index is 13.7. The number of hydrogen-bond acceptors (Lipinski definition) is 7. The number of carbonyl (C=O) groups is 2.